The summed E-state index contributed by atoms with van der Waals surface area (Å²) in [5.41, 5.74) is 11.6. The van der Waals surface area contributed by atoms with Crippen LogP contribution in [0.3, 0.4) is 0 Å². The van der Waals surface area contributed by atoms with Gasteiger partial charge in [-0.2, -0.15) is 10.2 Å². The van der Waals surface area contributed by atoms with Crippen LogP contribution in [0.1, 0.15) is 57.1 Å². The van der Waals surface area contributed by atoms with E-state index < -0.39 is 6.17 Å². The number of benzene rings is 4. The molecule has 13 nitrogen and oxygen atoms in total. The lowest BCUT2D eigenvalue weighted by atomic mass is 10.0. The van der Waals surface area contributed by atoms with Gasteiger partial charge in [0.2, 0.25) is 0 Å². The maximum Gasteiger partial charge on any atom is 0.274 e. The quantitative estimate of drug-likeness (QED) is 0.127. The number of rotatable bonds is 11. The fourth-order valence-corrected chi connectivity index (χ4v) is 11.1. The van der Waals surface area contributed by atoms with Crippen LogP contribution in [0.5, 0.6) is 0 Å². The first-order valence-electron chi connectivity index (χ1n) is 23.6. The summed E-state index contributed by atoms with van der Waals surface area (Å²) in [7, 11) is 1.70. The summed E-state index contributed by atoms with van der Waals surface area (Å²) >= 11 is 3.52. The molecule has 4 aromatic carbocycles. The van der Waals surface area contributed by atoms with E-state index >= 15 is 0 Å². The monoisotopic (exact) mass is 958 g/mol. The number of alkyl halides is 1. The lowest BCUT2D eigenvalue weighted by Crippen LogP contribution is -2.47. The van der Waals surface area contributed by atoms with Gasteiger partial charge in [-0.1, -0.05) is 74.5 Å². The number of hydrogen-bond donors (Lipinski definition) is 1. The first-order valence-corrected chi connectivity index (χ1v) is 25.6. The van der Waals surface area contributed by atoms with E-state index in [1.165, 1.54) is 15.4 Å². The number of likely N-dealkylation sites (tertiary alicyclic amines) is 1. The van der Waals surface area contributed by atoms with E-state index in [4.69, 9.17) is 24.4 Å². The zero-order chi connectivity index (χ0) is 47.0. The molecule has 0 unspecified atom stereocenters. The van der Waals surface area contributed by atoms with Crippen molar-refractivity contribution in [2.24, 2.45) is 0 Å². The number of methoxy groups -OCH3 is 1. The van der Waals surface area contributed by atoms with Crippen molar-refractivity contribution < 1.29 is 28.2 Å². The Kier molecular flexibility index (Phi) is 15.7. The fourth-order valence-electron chi connectivity index (χ4n) is 8.95. The second-order valence-electron chi connectivity index (χ2n) is 16.8. The number of aromatic nitrogens is 4. The summed E-state index contributed by atoms with van der Waals surface area (Å²) in [6.07, 6.45) is -0.694. The third-order valence-electron chi connectivity index (χ3n) is 12.5. The third kappa shape index (κ3) is 10.3. The Morgan fingerprint density at radius 2 is 1.13 bits per heavy atom. The van der Waals surface area contributed by atoms with Crippen molar-refractivity contribution in [1.82, 2.24) is 39.6 Å². The Bertz CT molecular complexity index is 2680. The molecule has 356 valence electrons. The van der Waals surface area contributed by atoms with Gasteiger partial charge in [-0.05, 0) is 47.5 Å². The zero-order valence-corrected chi connectivity index (χ0v) is 40.6. The molecule has 6 aromatic rings. The first-order chi connectivity index (χ1) is 33.4. The van der Waals surface area contributed by atoms with Gasteiger partial charge in [0.25, 0.3) is 11.8 Å². The van der Waals surface area contributed by atoms with Crippen molar-refractivity contribution in [1.29, 1.82) is 0 Å². The van der Waals surface area contributed by atoms with E-state index in [0.29, 0.717) is 83.7 Å². The lowest BCUT2D eigenvalue weighted by molar-refractivity contribution is 0.0296. The molecule has 1 N–H and O–H groups in total. The molecule has 2 aromatic heterocycles. The van der Waals surface area contributed by atoms with Crippen LogP contribution in [-0.2, 0) is 38.8 Å². The van der Waals surface area contributed by atoms with Crippen LogP contribution >= 0.6 is 23.5 Å². The van der Waals surface area contributed by atoms with Gasteiger partial charge in [0, 0.05) is 110 Å². The minimum atomic E-state index is -0.694. The number of nitrogens with zero attached hydrogens (tertiary/aromatic N) is 7. The predicted octanol–water partition coefficient (Wildman–Crippen LogP) is 8.15. The Morgan fingerprint density at radius 3 is 1.59 bits per heavy atom. The maximum atomic E-state index is 13.4. The number of fused-ring (bicyclic) bond motifs is 6. The van der Waals surface area contributed by atoms with E-state index in [2.05, 4.69) is 76.9 Å². The molecule has 5 aliphatic rings. The van der Waals surface area contributed by atoms with Crippen molar-refractivity contribution in [3.8, 4) is 33.9 Å². The summed E-state index contributed by atoms with van der Waals surface area (Å²) in [5.74, 6) is 1.42. The summed E-state index contributed by atoms with van der Waals surface area (Å²) in [6.45, 7) is 12.7. The zero-order valence-electron chi connectivity index (χ0n) is 39.0. The molecule has 2 amide bonds. The Morgan fingerprint density at radius 1 is 0.676 bits per heavy atom. The molecule has 68 heavy (non-hydrogen) atoms. The van der Waals surface area contributed by atoms with Crippen molar-refractivity contribution in [3.63, 3.8) is 0 Å². The molecule has 3 saturated heterocycles. The van der Waals surface area contributed by atoms with Gasteiger partial charge in [0.15, 0.2) is 11.4 Å². The average Bonchev–Trinajstić information content (AvgIpc) is 3.99. The highest BCUT2D eigenvalue weighted by atomic mass is 32.2. The molecule has 0 aliphatic carbocycles. The number of nitrogens with one attached hydrogen (secondary N) is 1. The van der Waals surface area contributed by atoms with Gasteiger partial charge >= 0.3 is 0 Å². The highest BCUT2D eigenvalue weighted by Gasteiger charge is 2.34. The summed E-state index contributed by atoms with van der Waals surface area (Å²) in [6, 6.07) is 33.3. The highest BCUT2D eigenvalue weighted by molar-refractivity contribution is 7.99. The van der Waals surface area contributed by atoms with Crippen LogP contribution in [0.4, 0.5) is 4.39 Å². The number of thioether (sulfide) groups is 2. The van der Waals surface area contributed by atoms with Gasteiger partial charge in [-0.15, -0.1) is 23.5 Å². The fraction of sp³-hybridized carbons (Fsp3) is 0.385. The molecule has 0 bridgehead atoms. The number of hydrogen-bond acceptors (Lipinski definition) is 11. The smallest absolute Gasteiger partial charge is 0.274 e. The number of carbonyl (C=O) groups excluding carboxylic acids is 2. The van der Waals surface area contributed by atoms with Crippen LogP contribution in [0.25, 0.3) is 33.9 Å². The number of halogens is 1. The summed E-state index contributed by atoms with van der Waals surface area (Å²) in [4.78, 5) is 35.1. The minimum Gasteiger partial charge on any atom is -0.383 e. The molecule has 16 heteroatoms. The summed E-state index contributed by atoms with van der Waals surface area (Å²) in [5, 5.41) is 13.1. The third-order valence-corrected chi connectivity index (χ3v) is 14.7. The number of amides is 2. The van der Waals surface area contributed by atoms with Gasteiger partial charge in [-0.3, -0.25) is 14.5 Å². The molecule has 7 heterocycles. The molecule has 11 rings (SSSR count). The maximum absolute atomic E-state index is 13.4. The molecule has 0 spiro atoms. The van der Waals surface area contributed by atoms with Crippen LogP contribution in [-0.4, -0.2) is 138 Å². The molecule has 5 aliphatic heterocycles. The molecular formula is C52H59FN8O5S2. The Balaban J connectivity index is 0.000000164. The van der Waals surface area contributed by atoms with E-state index in [-0.39, 0.29) is 11.8 Å². The van der Waals surface area contributed by atoms with Gasteiger partial charge in [0.1, 0.15) is 6.17 Å². The number of morpholine rings is 2. The van der Waals surface area contributed by atoms with Crippen LogP contribution in [0, 0.1) is 0 Å². The second-order valence-corrected chi connectivity index (χ2v) is 18.9. The first kappa shape index (κ1) is 47.7. The van der Waals surface area contributed by atoms with Gasteiger partial charge in [-0.25, -0.2) is 13.8 Å². The van der Waals surface area contributed by atoms with E-state index in [0.717, 1.165) is 81.7 Å². The largest absolute Gasteiger partial charge is 0.383 e. The van der Waals surface area contributed by atoms with Crippen LogP contribution < -0.4 is 5.32 Å². The standard InChI is InChI=1S/C25H25FN4O2S.C25H28N4O3S.C2H6/c26-18-14-28(15-18)13-17-5-7-19(8-6-17)30-24-20-3-1-2-4-22(20)33-16-21(24)23(27-30)25(31)29-9-11-32-12-10-29;1-31-13-10-26-16-18-6-8-19(9-7-18)29-24-20-4-2-3-5-22(20)33-17-21(24)23(27-29)25(30)28-11-14-32-15-12-28;1-2/h1-8,18H,9-16H2;2-9,26H,10-17H2,1H3;1-2H3. The number of ether oxygens (including phenoxy) is 3. The molecular weight excluding hydrogens is 900 g/mol. The molecule has 0 saturated carbocycles. The normalized spacial score (nSPS) is 16.5. The van der Waals surface area contributed by atoms with Crippen molar-refractivity contribution >= 4 is 35.3 Å². The van der Waals surface area contributed by atoms with E-state index in [1.54, 1.807) is 30.6 Å². The van der Waals surface area contributed by atoms with Crippen molar-refractivity contribution in [3.05, 3.63) is 131 Å². The SMILES string of the molecule is CC.COCCNCc1ccc(-n2nc(C(=O)N3CCOCC3)c3c2-c2ccccc2SC3)cc1.O=C(c1nn(-c2ccc(CN3CC(F)C3)cc2)c2c1CSc1ccccc1-2)N1CCOCC1. The Hall–Kier alpha value is -5.33. The number of carbonyl (C=O) groups is 2. The van der Waals surface area contributed by atoms with Crippen molar-refractivity contribution in [2.75, 3.05) is 86.0 Å². The minimum absolute atomic E-state index is 0.00718. The predicted molar refractivity (Wildman–Crippen MR) is 266 cm³/mol. The topological polar surface area (TPSA) is 119 Å². The average molecular weight is 959 g/mol. The summed E-state index contributed by atoms with van der Waals surface area (Å²) < 4.78 is 33.0. The second kappa shape index (κ2) is 22.4. The van der Waals surface area contributed by atoms with Crippen LogP contribution in [0.15, 0.2) is 107 Å². The molecule has 0 atom stereocenters. The highest BCUT2D eigenvalue weighted by Crippen LogP contribution is 2.45. The van der Waals surface area contributed by atoms with Crippen molar-refractivity contribution in [2.45, 2.75) is 54.4 Å². The van der Waals surface area contributed by atoms with Gasteiger partial charge in [0.05, 0.1) is 55.8 Å². The van der Waals surface area contributed by atoms with E-state index in [9.17, 15) is 14.0 Å². The Labute approximate surface area is 406 Å². The molecule has 3 fully saturated rings. The van der Waals surface area contributed by atoms with E-state index in [1.807, 2.05) is 63.3 Å². The van der Waals surface area contributed by atoms with Gasteiger partial charge < -0.3 is 29.3 Å². The molecule has 0 radical (unpaired) electrons. The van der Waals surface area contributed by atoms with Crippen LogP contribution in [0.2, 0.25) is 0 Å². The lowest BCUT2D eigenvalue weighted by Gasteiger charge is -2.34.